The zero-order valence-electron chi connectivity index (χ0n) is 18.0. The lowest BCUT2D eigenvalue weighted by molar-refractivity contribution is -0.117. The molecule has 168 valence electrons. The maximum absolute atomic E-state index is 12.8. The molecule has 0 aliphatic carbocycles. The zero-order chi connectivity index (χ0) is 22.8. The van der Waals surface area contributed by atoms with Crippen molar-refractivity contribution in [3.63, 3.8) is 0 Å². The first-order valence-electron chi connectivity index (χ1n) is 11.0. The summed E-state index contributed by atoms with van der Waals surface area (Å²) in [5.74, 6) is 1.48. The average molecular weight is 462 g/mol. The van der Waals surface area contributed by atoms with Gasteiger partial charge in [-0.2, -0.15) is 0 Å². The third-order valence-electron chi connectivity index (χ3n) is 5.89. The number of benzene rings is 3. The number of ether oxygens (including phenoxy) is 1. The highest BCUT2D eigenvalue weighted by atomic mass is 35.5. The second-order valence-electron chi connectivity index (χ2n) is 8.23. The summed E-state index contributed by atoms with van der Waals surface area (Å²) in [6.45, 7) is 1.01. The third kappa shape index (κ3) is 4.58. The molecular weight excluding hydrogens is 438 g/mol. The molecular formula is C26H24ClN3O3. The maximum atomic E-state index is 12.8. The summed E-state index contributed by atoms with van der Waals surface area (Å²) in [6.07, 6.45) is -0.366. The Labute approximate surface area is 197 Å². The second kappa shape index (κ2) is 9.25. The molecule has 2 heterocycles. The summed E-state index contributed by atoms with van der Waals surface area (Å²) >= 11 is 5.92. The van der Waals surface area contributed by atoms with Crippen LogP contribution in [-0.4, -0.2) is 39.8 Å². The van der Waals surface area contributed by atoms with Crippen molar-refractivity contribution in [3.8, 4) is 5.75 Å². The van der Waals surface area contributed by atoms with Gasteiger partial charge >= 0.3 is 0 Å². The molecule has 7 heteroatoms. The summed E-state index contributed by atoms with van der Waals surface area (Å²) in [6, 6.07) is 24.6. The van der Waals surface area contributed by atoms with Crippen molar-refractivity contribution in [1.29, 1.82) is 0 Å². The van der Waals surface area contributed by atoms with E-state index in [4.69, 9.17) is 21.3 Å². The van der Waals surface area contributed by atoms with Crippen LogP contribution < -0.4 is 9.64 Å². The minimum atomic E-state index is -0.751. The second-order valence-corrected chi connectivity index (χ2v) is 8.67. The minimum absolute atomic E-state index is 0.0607. The Bertz CT molecular complexity index is 1260. The topological polar surface area (TPSA) is 67.6 Å². The Morgan fingerprint density at radius 1 is 1.03 bits per heavy atom. The Kier molecular flexibility index (Phi) is 6.03. The van der Waals surface area contributed by atoms with Gasteiger partial charge in [-0.25, -0.2) is 4.98 Å². The van der Waals surface area contributed by atoms with E-state index in [0.29, 0.717) is 30.3 Å². The number of para-hydroxylation sites is 3. The quantitative estimate of drug-likeness (QED) is 0.435. The number of anilines is 1. The van der Waals surface area contributed by atoms with Gasteiger partial charge in [-0.05, 0) is 48.5 Å². The molecule has 1 aromatic heterocycles. The van der Waals surface area contributed by atoms with E-state index in [-0.39, 0.29) is 18.4 Å². The number of imidazole rings is 1. The van der Waals surface area contributed by atoms with Crippen LogP contribution in [0.4, 0.5) is 5.69 Å². The van der Waals surface area contributed by atoms with Crippen LogP contribution in [0, 0.1) is 0 Å². The van der Waals surface area contributed by atoms with E-state index in [1.54, 1.807) is 24.3 Å². The molecule has 0 bridgehead atoms. The lowest BCUT2D eigenvalue weighted by Gasteiger charge is -2.19. The van der Waals surface area contributed by atoms with Gasteiger partial charge < -0.3 is 19.3 Å². The molecule has 3 aromatic carbocycles. The number of hydrogen-bond acceptors (Lipinski definition) is 4. The van der Waals surface area contributed by atoms with E-state index in [1.165, 1.54) is 0 Å². The number of hydrogen-bond donors (Lipinski definition) is 1. The fourth-order valence-corrected chi connectivity index (χ4v) is 4.45. The number of aliphatic hydroxyl groups is 1. The van der Waals surface area contributed by atoms with Crippen molar-refractivity contribution in [1.82, 2.24) is 9.55 Å². The van der Waals surface area contributed by atoms with Crippen LogP contribution in [0.2, 0.25) is 5.02 Å². The van der Waals surface area contributed by atoms with Crippen LogP contribution in [0.3, 0.4) is 0 Å². The van der Waals surface area contributed by atoms with Crippen LogP contribution in [0.15, 0.2) is 78.9 Å². The molecule has 5 rings (SSSR count). The number of halogens is 1. The summed E-state index contributed by atoms with van der Waals surface area (Å²) in [5, 5.41) is 11.4. The lowest BCUT2D eigenvalue weighted by Crippen LogP contribution is -2.26. The van der Waals surface area contributed by atoms with E-state index in [0.717, 1.165) is 22.5 Å². The highest BCUT2D eigenvalue weighted by molar-refractivity contribution is 6.30. The predicted octanol–water partition coefficient (Wildman–Crippen LogP) is 4.65. The number of rotatable bonds is 7. The van der Waals surface area contributed by atoms with Crippen molar-refractivity contribution in [2.75, 3.05) is 18.1 Å². The first-order chi connectivity index (χ1) is 16.1. The van der Waals surface area contributed by atoms with E-state index in [1.807, 2.05) is 64.1 Å². The van der Waals surface area contributed by atoms with Crippen molar-refractivity contribution in [2.45, 2.75) is 25.0 Å². The Morgan fingerprint density at radius 3 is 2.55 bits per heavy atom. The summed E-state index contributed by atoms with van der Waals surface area (Å²) in [5.41, 5.74) is 2.68. The summed E-state index contributed by atoms with van der Waals surface area (Å²) < 4.78 is 7.76. The Balaban J connectivity index is 1.37. The average Bonchev–Trinajstić information content (AvgIpc) is 3.40. The molecule has 1 amide bonds. The molecule has 0 saturated carbocycles. The number of aliphatic hydroxyl groups excluding tert-OH is 1. The monoisotopic (exact) mass is 461 g/mol. The van der Waals surface area contributed by atoms with Gasteiger partial charge in [0.15, 0.2) is 0 Å². The smallest absolute Gasteiger partial charge is 0.227 e. The van der Waals surface area contributed by atoms with E-state index in [9.17, 15) is 9.90 Å². The van der Waals surface area contributed by atoms with Crippen LogP contribution >= 0.6 is 11.6 Å². The first kappa shape index (κ1) is 21.5. The van der Waals surface area contributed by atoms with Crippen LogP contribution in [0.1, 0.15) is 18.2 Å². The van der Waals surface area contributed by atoms with Crippen molar-refractivity contribution in [2.24, 2.45) is 0 Å². The van der Waals surface area contributed by atoms with Gasteiger partial charge in [-0.3, -0.25) is 4.79 Å². The van der Waals surface area contributed by atoms with Crippen molar-refractivity contribution < 1.29 is 14.6 Å². The Hall–Kier alpha value is -3.35. The molecule has 0 spiro atoms. The minimum Gasteiger partial charge on any atom is -0.491 e. The zero-order valence-corrected chi connectivity index (χ0v) is 18.7. The summed E-state index contributed by atoms with van der Waals surface area (Å²) in [4.78, 5) is 19.5. The number of nitrogens with zero attached hydrogens (tertiary/aromatic N) is 3. The molecule has 4 aromatic rings. The molecule has 33 heavy (non-hydrogen) atoms. The van der Waals surface area contributed by atoms with Gasteiger partial charge in [0.2, 0.25) is 5.91 Å². The normalized spacial score (nSPS) is 17.0. The SMILES string of the molecule is O=C1CC(c2nc3ccccc3n2CC(O)COc2ccc(Cl)cc2)CN1c1ccccc1. The predicted molar refractivity (Wildman–Crippen MR) is 129 cm³/mol. The third-order valence-corrected chi connectivity index (χ3v) is 6.14. The number of aromatic nitrogens is 2. The molecule has 2 unspecified atom stereocenters. The highest BCUT2D eigenvalue weighted by Crippen LogP contribution is 2.33. The lowest BCUT2D eigenvalue weighted by atomic mass is 10.1. The van der Waals surface area contributed by atoms with Crippen LogP contribution in [0.25, 0.3) is 11.0 Å². The van der Waals surface area contributed by atoms with Crippen LogP contribution in [-0.2, 0) is 11.3 Å². The molecule has 1 N–H and O–H groups in total. The van der Waals surface area contributed by atoms with Gasteiger partial charge in [-0.15, -0.1) is 0 Å². The van der Waals surface area contributed by atoms with Gasteiger partial charge in [0, 0.05) is 29.6 Å². The molecule has 1 aliphatic heterocycles. The van der Waals surface area contributed by atoms with E-state index < -0.39 is 6.10 Å². The molecule has 2 atom stereocenters. The maximum Gasteiger partial charge on any atom is 0.227 e. The molecule has 6 nitrogen and oxygen atoms in total. The van der Waals surface area contributed by atoms with E-state index in [2.05, 4.69) is 0 Å². The standard InChI is InChI=1S/C26H24ClN3O3/c27-19-10-12-22(13-11-19)33-17-21(31)16-30-24-9-5-4-8-23(24)28-26(30)18-14-25(32)29(15-18)20-6-2-1-3-7-20/h1-13,18,21,31H,14-17H2. The largest absolute Gasteiger partial charge is 0.491 e. The highest BCUT2D eigenvalue weighted by Gasteiger charge is 2.35. The van der Waals surface area contributed by atoms with Crippen molar-refractivity contribution >= 4 is 34.2 Å². The van der Waals surface area contributed by atoms with Gasteiger partial charge in [0.1, 0.15) is 24.3 Å². The van der Waals surface area contributed by atoms with Crippen LogP contribution in [0.5, 0.6) is 5.75 Å². The molecule has 1 fully saturated rings. The number of fused-ring (bicyclic) bond motifs is 1. The van der Waals surface area contributed by atoms with Gasteiger partial charge in [0.25, 0.3) is 0 Å². The fraction of sp³-hybridized carbons (Fsp3) is 0.231. The molecule has 0 radical (unpaired) electrons. The first-order valence-corrected chi connectivity index (χ1v) is 11.3. The van der Waals surface area contributed by atoms with Crippen molar-refractivity contribution in [3.05, 3.63) is 89.7 Å². The fourth-order valence-electron chi connectivity index (χ4n) is 4.32. The molecule has 1 saturated heterocycles. The number of carbonyl (C=O) groups excluding carboxylic acids is 1. The summed E-state index contributed by atoms with van der Waals surface area (Å²) in [7, 11) is 0. The van der Waals surface area contributed by atoms with Gasteiger partial charge in [-0.1, -0.05) is 41.9 Å². The Morgan fingerprint density at radius 2 is 1.76 bits per heavy atom. The molecule has 1 aliphatic rings. The van der Waals surface area contributed by atoms with E-state index >= 15 is 0 Å². The number of amides is 1. The van der Waals surface area contributed by atoms with Gasteiger partial charge in [0.05, 0.1) is 17.6 Å². The number of carbonyl (C=O) groups is 1.